The van der Waals surface area contributed by atoms with E-state index in [2.05, 4.69) is 10.6 Å². The first-order chi connectivity index (χ1) is 13.9. The van der Waals surface area contributed by atoms with Gasteiger partial charge in [-0.1, -0.05) is 0 Å². The molecule has 0 saturated carbocycles. The summed E-state index contributed by atoms with van der Waals surface area (Å²) in [4.78, 5) is 25.1. The Kier molecular flexibility index (Phi) is 5.72. The minimum atomic E-state index is -0.622. The SMILES string of the molecule is CC(=O)NCC1C[C@@H](c2cc(F)c(N3CCC(C4COC4)CC3)c(F)c2)C(=O)N1. The van der Waals surface area contributed by atoms with Crippen LogP contribution in [0.25, 0.3) is 0 Å². The van der Waals surface area contributed by atoms with E-state index in [-0.39, 0.29) is 23.5 Å². The van der Waals surface area contributed by atoms with Crippen molar-refractivity contribution in [2.45, 2.75) is 38.1 Å². The van der Waals surface area contributed by atoms with Gasteiger partial charge in [0.1, 0.15) is 17.3 Å². The zero-order valence-corrected chi connectivity index (χ0v) is 16.5. The van der Waals surface area contributed by atoms with Crippen LogP contribution in [0.15, 0.2) is 12.1 Å². The Labute approximate surface area is 169 Å². The first-order valence-electron chi connectivity index (χ1n) is 10.3. The highest BCUT2D eigenvalue weighted by Gasteiger charge is 2.36. The van der Waals surface area contributed by atoms with E-state index in [0.717, 1.165) is 26.1 Å². The molecule has 3 heterocycles. The van der Waals surface area contributed by atoms with E-state index < -0.39 is 17.6 Å². The van der Waals surface area contributed by atoms with Gasteiger partial charge in [0.25, 0.3) is 0 Å². The van der Waals surface area contributed by atoms with E-state index in [1.54, 1.807) is 4.90 Å². The molecule has 6 nitrogen and oxygen atoms in total. The number of piperidine rings is 1. The Morgan fingerprint density at radius 3 is 2.41 bits per heavy atom. The van der Waals surface area contributed by atoms with Crippen LogP contribution in [0.1, 0.15) is 37.7 Å². The fourth-order valence-corrected chi connectivity index (χ4v) is 4.65. The number of benzene rings is 1. The normalized spacial score (nSPS) is 25.6. The third-order valence-electron chi connectivity index (χ3n) is 6.41. The molecule has 0 bridgehead atoms. The van der Waals surface area contributed by atoms with Crippen molar-refractivity contribution in [2.75, 3.05) is 37.7 Å². The number of hydrogen-bond donors (Lipinski definition) is 2. The van der Waals surface area contributed by atoms with Gasteiger partial charge in [0.15, 0.2) is 0 Å². The molecule has 1 aromatic carbocycles. The number of halogens is 2. The Balaban J connectivity index is 1.43. The molecule has 3 fully saturated rings. The molecule has 29 heavy (non-hydrogen) atoms. The van der Waals surface area contributed by atoms with Crippen LogP contribution >= 0.6 is 0 Å². The second kappa shape index (κ2) is 8.26. The molecule has 2 amide bonds. The topological polar surface area (TPSA) is 70.7 Å². The summed E-state index contributed by atoms with van der Waals surface area (Å²) in [7, 11) is 0. The molecule has 0 aromatic heterocycles. The van der Waals surface area contributed by atoms with Crippen LogP contribution < -0.4 is 15.5 Å². The smallest absolute Gasteiger partial charge is 0.227 e. The predicted molar refractivity (Wildman–Crippen MR) is 104 cm³/mol. The second-order valence-corrected chi connectivity index (χ2v) is 8.39. The Bertz CT molecular complexity index is 768. The van der Waals surface area contributed by atoms with Gasteiger partial charge in [0, 0.05) is 38.5 Å². The highest BCUT2D eigenvalue weighted by Crippen LogP contribution is 2.36. The molecule has 3 aliphatic rings. The zero-order valence-electron chi connectivity index (χ0n) is 16.5. The van der Waals surface area contributed by atoms with Gasteiger partial charge in [-0.3, -0.25) is 9.59 Å². The van der Waals surface area contributed by atoms with Crippen molar-refractivity contribution in [3.63, 3.8) is 0 Å². The number of nitrogens with one attached hydrogen (secondary N) is 2. The molecule has 3 saturated heterocycles. The van der Waals surface area contributed by atoms with Gasteiger partial charge in [-0.05, 0) is 42.9 Å². The molecule has 1 aromatic rings. The Morgan fingerprint density at radius 2 is 1.86 bits per heavy atom. The number of amides is 2. The van der Waals surface area contributed by atoms with E-state index in [4.69, 9.17) is 4.74 Å². The molecule has 0 radical (unpaired) electrons. The summed E-state index contributed by atoms with van der Waals surface area (Å²) in [5, 5.41) is 5.44. The molecule has 158 valence electrons. The standard InChI is InChI=1S/C21H27F2N3O3/c1-12(27)24-9-16-8-17(21(28)25-16)14-6-18(22)20(19(23)7-14)26-4-2-13(3-5-26)15-10-29-11-15/h6-7,13,15-17H,2-5,8-11H2,1H3,(H,24,27)(H,25,28)/t16?,17-/m0/s1. The third kappa shape index (κ3) is 4.22. The van der Waals surface area contributed by atoms with Crippen molar-refractivity contribution in [1.82, 2.24) is 10.6 Å². The van der Waals surface area contributed by atoms with Crippen molar-refractivity contribution in [1.29, 1.82) is 0 Å². The molecule has 0 aliphatic carbocycles. The number of rotatable bonds is 5. The summed E-state index contributed by atoms with van der Waals surface area (Å²) in [5.41, 5.74) is 0.346. The van der Waals surface area contributed by atoms with Gasteiger partial charge < -0.3 is 20.3 Å². The van der Waals surface area contributed by atoms with Crippen molar-refractivity contribution in [3.05, 3.63) is 29.3 Å². The van der Waals surface area contributed by atoms with Crippen molar-refractivity contribution >= 4 is 17.5 Å². The lowest BCUT2D eigenvalue weighted by molar-refractivity contribution is -0.121. The molecule has 8 heteroatoms. The molecule has 0 spiro atoms. The summed E-state index contributed by atoms with van der Waals surface area (Å²) in [6.07, 6.45) is 2.21. The van der Waals surface area contributed by atoms with Crippen molar-refractivity contribution < 1.29 is 23.1 Å². The molecule has 2 atom stereocenters. The lowest BCUT2D eigenvalue weighted by Gasteiger charge is -2.40. The minimum Gasteiger partial charge on any atom is -0.381 e. The third-order valence-corrected chi connectivity index (χ3v) is 6.41. The highest BCUT2D eigenvalue weighted by molar-refractivity contribution is 5.86. The zero-order chi connectivity index (χ0) is 20.5. The molecular formula is C21H27F2N3O3. The van der Waals surface area contributed by atoms with Crippen LogP contribution in [-0.2, 0) is 14.3 Å². The first-order valence-corrected chi connectivity index (χ1v) is 10.3. The van der Waals surface area contributed by atoms with Gasteiger partial charge in [0.2, 0.25) is 11.8 Å². The summed E-state index contributed by atoms with van der Waals surface area (Å²) < 4.78 is 35.0. The van der Waals surface area contributed by atoms with Gasteiger partial charge in [-0.2, -0.15) is 0 Å². The molecule has 4 rings (SSSR count). The average molecular weight is 407 g/mol. The largest absolute Gasteiger partial charge is 0.381 e. The van der Waals surface area contributed by atoms with Crippen LogP contribution in [0.4, 0.5) is 14.5 Å². The highest BCUT2D eigenvalue weighted by atomic mass is 19.1. The van der Waals surface area contributed by atoms with Crippen LogP contribution in [0.5, 0.6) is 0 Å². The number of anilines is 1. The van der Waals surface area contributed by atoms with Crippen LogP contribution in [0.3, 0.4) is 0 Å². The summed E-state index contributed by atoms with van der Waals surface area (Å²) in [5.74, 6) is -1.16. The van der Waals surface area contributed by atoms with E-state index in [1.807, 2.05) is 0 Å². The van der Waals surface area contributed by atoms with E-state index in [9.17, 15) is 18.4 Å². The molecular weight excluding hydrogens is 380 g/mol. The van der Waals surface area contributed by atoms with Crippen LogP contribution in [-0.4, -0.2) is 50.7 Å². The number of nitrogens with zero attached hydrogens (tertiary/aromatic N) is 1. The number of hydrogen-bond acceptors (Lipinski definition) is 4. The van der Waals surface area contributed by atoms with Crippen molar-refractivity contribution in [2.24, 2.45) is 11.8 Å². The van der Waals surface area contributed by atoms with Gasteiger partial charge in [-0.15, -0.1) is 0 Å². The lowest BCUT2D eigenvalue weighted by Crippen LogP contribution is -2.42. The van der Waals surface area contributed by atoms with Gasteiger partial charge >= 0.3 is 0 Å². The Morgan fingerprint density at radius 1 is 1.21 bits per heavy atom. The molecule has 2 N–H and O–H groups in total. The maximum Gasteiger partial charge on any atom is 0.227 e. The number of carbonyl (C=O) groups excluding carboxylic acids is 2. The second-order valence-electron chi connectivity index (χ2n) is 8.39. The fourth-order valence-electron chi connectivity index (χ4n) is 4.65. The lowest BCUT2D eigenvalue weighted by atomic mass is 9.83. The van der Waals surface area contributed by atoms with Crippen LogP contribution in [0, 0.1) is 23.5 Å². The van der Waals surface area contributed by atoms with Gasteiger partial charge in [0.05, 0.1) is 19.1 Å². The summed E-state index contributed by atoms with van der Waals surface area (Å²) in [6, 6.07) is 2.33. The van der Waals surface area contributed by atoms with Crippen molar-refractivity contribution in [3.8, 4) is 0 Å². The number of ether oxygens (including phenoxy) is 1. The number of carbonyl (C=O) groups is 2. The maximum atomic E-state index is 14.9. The van der Waals surface area contributed by atoms with E-state index in [1.165, 1.54) is 19.1 Å². The van der Waals surface area contributed by atoms with Crippen LogP contribution in [0.2, 0.25) is 0 Å². The predicted octanol–water partition coefficient (Wildman–Crippen LogP) is 1.94. The summed E-state index contributed by atoms with van der Waals surface area (Å²) >= 11 is 0. The Hall–Kier alpha value is -2.22. The average Bonchev–Trinajstić information content (AvgIpc) is 3.00. The minimum absolute atomic E-state index is 0.00487. The fraction of sp³-hybridized carbons (Fsp3) is 0.619. The monoisotopic (exact) mass is 407 g/mol. The van der Waals surface area contributed by atoms with E-state index in [0.29, 0.717) is 43.5 Å². The molecule has 3 aliphatic heterocycles. The van der Waals surface area contributed by atoms with Gasteiger partial charge in [-0.25, -0.2) is 8.78 Å². The quantitative estimate of drug-likeness (QED) is 0.783. The maximum absolute atomic E-state index is 14.9. The summed E-state index contributed by atoms with van der Waals surface area (Å²) in [6.45, 7) is 4.55. The first kappa shape index (κ1) is 20.1. The van der Waals surface area contributed by atoms with E-state index >= 15 is 0 Å². The molecule has 1 unspecified atom stereocenters.